The molecule has 0 radical (unpaired) electrons. The van der Waals surface area contributed by atoms with Gasteiger partial charge in [0.25, 0.3) is 5.56 Å². The SMILES string of the molecule is Cc1nc(C)c(C)c(N2CCN(Cc3ccn(C)c(=O)c3)CC2)n1. The van der Waals surface area contributed by atoms with Gasteiger partial charge in [-0.05, 0) is 32.4 Å². The number of hydrogen-bond donors (Lipinski definition) is 0. The topological polar surface area (TPSA) is 54.3 Å². The van der Waals surface area contributed by atoms with Crippen molar-refractivity contribution in [2.45, 2.75) is 27.3 Å². The lowest BCUT2D eigenvalue weighted by atomic mass is 10.2. The van der Waals surface area contributed by atoms with Gasteiger partial charge in [-0.25, -0.2) is 9.97 Å². The van der Waals surface area contributed by atoms with Gasteiger partial charge in [0.15, 0.2) is 0 Å². The average molecular weight is 327 g/mol. The van der Waals surface area contributed by atoms with Crippen LogP contribution in [0.3, 0.4) is 0 Å². The molecule has 6 heteroatoms. The third-order valence-electron chi connectivity index (χ3n) is 4.72. The highest BCUT2D eigenvalue weighted by Gasteiger charge is 2.20. The molecule has 0 spiro atoms. The molecule has 0 amide bonds. The van der Waals surface area contributed by atoms with Crippen LogP contribution in [0.2, 0.25) is 0 Å². The molecular formula is C18H25N5O. The molecule has 0 aliphatic carbocycles. The van der Waals surface area contributed by atoms with E-state index in [4.69, 9.17) is 0 Å². The van der Waals surface area contributed by atoms with Gasteiger partial charge in [-0.3, -0.25) is 9.69 Å². The smallest absolute Gasteiger partial charge is 0.250 e. The van der Waals surface area contributed by atoms with Crippen molar-refractivity contribution in [3.05, 3.63) is 51.3 Å². The van der Waals surface area contributed by atoms with Gasteiger partial charge in [0.2, 0.25) is 0 Å². The molecule has 1 saturated heterocycles. The largest absolute Gasteiger partial charge is 0.354 e. The van der Waals surface area contributed by atoms with Gasteiger partial charge in [-0.2, -0.15) is 0 Å². The Morgan fingerprint density at radius 2 is 1.79 bits per heavy atom. The lowest BCUT2D eigenvalue weighted by molar-refractivity contribution is 0.249. The monoisotopic (exact) mass is 327 g/mol. The van der Waals surface area contributed by atoms with E-state index in [0.717, 1.165) is 55.6 Å². The Morgan fingerprint density at radius 1 is 1.08 bits per heavy atom. The first-order chi connectivity index (χ1) is 11.4. The van der Waals surface area contributed by atoms with Crippen molar-refractivity contribution in [3.8, 4) is 0 Å². The summed E-state index contributed by atoms with van der Waals surface area (Å²) < 4.78 is 1.60. The molecule has 0 N–H and O–H groups in total. The maximum Gasteiger partial charge on any atom is 0.250 e. The summed E-state index contributed by atoms with van der Waals surface area (Å²) in [6.07, 6.45) is 1.84. The number of aryl methyl sites for hydroxylation is 3. The molecule has 0 atom stereocenters. The van der Waals surface area contributed by atoms with Crippen LogP contribution in [0.25, 0.3) is 0 Å². The van der Waals surface area contributed by atoms with Crippen molar-refractivity contribution in [2.24, 2.45) is 7.05 Å². The van der Waals surface area contributed by atoms with E-state index >= 15 is 0 Å². The third kappa shape index (κ3) is 3.48. The highest BCUT2D eigenvalue weighted by atomic mass is 16.1. The predicted octanol–water partition coefficient (Wildman–Crippen LogP) is 1.42. The van der Waals surface area contributed by atoms with Crippen LogP contribution in [0.1, 0.15) is 22.6 Å². The van der Waals surface area contributed by atoms with E-state index in [2.05, 4.69) is 26.7 Å². The van der Waals surface area contributed by atoms with Crippen molar-refractivity contribution >= 4 is 5.82 Å². The second-order valence-electron chi connectivity index (χ2n) is 6.55. The zero-order chi connectivity index (χ0) is 17.3. The Labute approximate surface area is 142 Å². The van der Waals surface area contributed by atoms with Crippen LogP contribution in [0.15, 0.2) is 23.1 Å². The summed E-state index contributed by atoms with van der Waals surface area (Å²) in [6, 6.07) is 3.75. The fourth-order valence-electron chi connectivity index (χ4n) is 3.12. The Hall–Kier alpha value is -2.21. The summed E-state index contributed by atoms with van der Waals surface area (Å²) in [5.74, 6) is 1.89. The highest BCUT2D eigenvalue weighted by molar-refractivity contribution is 5.48. The lowest BCUT2D eigenvalue weighted by Gasteiger charge is -2.36. The van der Waals surface area contributed by atoms with E-state index in [1.165, 1.54) is 5.56 Å². The fraction of sp³-hybridized carbons (Fsp3) is 0.500. The molecule has 1 fully saturated rings. The summed E-state index contributed by atoms with van der Waals surface area (Å²) in [5.41, 5.74) is 3.35. The Morgan fingerprint density at radius 3 is 2.46 bits per heavy atom. The molecule has 6 nitrogen and oxygen atoms in total. The van der Waals surface area contributed by atoms with Gasteiger partial charge in [0, 0.05) is 63.3 Å². The molecule has 0 bridgehead atoms. The summed E-state index contributed by atoms with van der Waals surface area (Å²) in [7, 11) is 1.78. The molecule has 3 heterocycles. The van der Waals surface area contributed by atoms with Crippen LogP contribution >= 0.6 is 0 Å². The third-order valence-corrected chi connectivity index (χ3v) is 4.72. The first-order valence-electron chi connectivity index (χ1n) is 8.39. The number of nitrogens with zero attached hydrogens (tertiary/aromatic N) is 5. The maximum atomic E-state index is 11.7. The summed E-state index contributed by atoms with van der Waals surface area (Å²) in [6.45, 7) is 10.7. The van der Waals surface area contributed by atoms with Crippen LogP contribution < -0.4 is 10.5 Å². The summed E-state index contributed by atoms with van der Waals surface area (Å²) in [5, 5.41) is 0. The van der Waals surface area contributed by atoms with Crippen LogP contribution in [-0.4, -0.2) is 45.6 Å². The molecule has 0 saturated carbocycles. The fourth-order valence-corrected chi connectivity index (χ4v) is 3.12. The second kappa shape index (κ2) is 6.73. The van der Waals surface area contributed by atoms with E-state index < -0.39 is 0 Å². The minimum atomic E-state index is 0.0497. The first-order valence-corrected chi connectivity index (χ1v) is 8.39. The van der Waals surface area contributed by atoms with Crippen LogP contribution in [0.5, 0.6) is 0 Å². The van der Waals surface area contributed by atoms with E-state index in [1.807, 2.05) is 26.1 Å². The lowest BCUT2D eigenvalue weighted by Crippen LogP contribution is -2.46. The molecule has 0 aromatic carbocycles. The second-order valence-corrected chi connectivity index (χ2v) is 6.55. The van der Waals surface area contributed by atoms with Gasteiger partial charge in [0.05, 0.1) is 0 Å². The molecule has 24 heavy (non-hydrogen) atoms. The molecule has 1 aliphatic rings. The first kappa shape index (κ1) is 16.6. The van der Waals surface area contributed by atoms with Gasteiger partial charge in [-0.1, -0.05) is 0 Å². The van der Waals surface area contributed by atoms with E-state index in [9.17, 15) is 4.79 Å². The molecular weight excluding hydrogens is 302 g/mol. The van der Waals surface area contributed by atoms with E-state index in [-0.39, 0.29) is 5.56 Å². The number of aromatic nitrogens is 3. The summed E-state index contributed by atoms with van der Waals surface area (Å²) in [4.78, 5) is 25.6. The van der Waals surface area contributed by atoms with Crippen molar-refractivity contribution < 1.29 is 0 Å². The van der Waals surface area contributed by atoms with Crippen molar-refractivity contribution in [2.75, 3.05) is 31.1 Å². The van der Waals surface area contributed by atoms with Crippen molar-refractivity contribution in [3.63, 3.8) is 0 Å². The number of hydrogen-bond acceptors (Lipinski definition) is 5. The molecule has 2 aromatic rings. The molecule has 3 rings (SSSR count). The molecule has 0 unspecified atom stereocenters. The molecule has 128 valence electrons. The van der Waals surface area contributed by atoms with Crippen LogP contribution in [0.4, 0.5) is 5.82 Å². The van der Waals surface area contributed by atoms with Gasteiger partial charge in [0.1, 0.15) is 11.6 Å². The van der Waals surface area contributed by atoms with Gasteiger partial charge < -0.3 is 9.47 Å². The Balaban J connectivity index is 1.65. The standard InChI is InChI=1S/C18H25N5O/c1-13-14(2)19-15(3)20-18(13)23-9-7-22(8-10-23)12-16-5-6-21(4)17(24)11-16/h5-6,11H,7-10,12H2,1-4H3. The predicted molar refractivity (Wildman–Crippen MR) is 95.4 cm³/mol. The number of piperazine rings is 1. The minimum Gasteiger partial charge on any atom is -0.354 e. The quantitative estimate of drug-likeness (QED) is 0.853. The van der Waals surface area contributed by atoms with E-state index in [1.54, 1.807) is 17.7 Å². The molecule has 2 aromatic heterocycles. The zero-order valence-electron chi connectivity index (χ0n) is 14.9. The number of rotatable bonds is 3. The molecule has 1 aliphatic heterocycles. The van der Waals surface area contributed by atoms with Gasteiger partial charge in [-0.15, -0.1) is 0 Å². The van der Waals surface area contributed by atoms with Crippen molar-refractivity contribution in [1.82, 2.24) is 19.4 Å². The number of anilines is 1. The highest BCUT2D eigenvalue weighted by Crippen LogP contribution is 2.21. The van der Waals surface area contributed by atoms with E-state index in [0.29, 0.717) is 0 Å². The average Bonchev–Trinajstić information content (AvgIpc) is 2.55. The zero-order valence-corrected chi connectivity index (χ0v) is 14.9. The normalized spacial score (nSPS) is 15.8. The Kier molecular flexibility index (Phi) is 4.66. The van der Waals surface area contributed by atoms with Crippen molar-refractivity contribution in [1.29, 1.82) is 0 Å². The van der Waals surface area contributed by atoms with Crippen LogP contribution in [0, 0.1) is 20.8 Å². The maximum absolute atomic E-state index is 11.7. The number of pyridine rings is 1. The Bertz CT molecular complexity index is 790. The minimum absolute atomic E-state index is 0.0497. The van der Waals surface area contributed by atoms with Gasteiger partial charge >= 0.3 is 0 Å². The van der Waals surface area contributed by atoms with Crippen LogP contribution in [-0.2, 0) is 13.6 Å². The summed E-state index contributed by atoms with van der Waals surface area (Å²) >= 11 is 0.